The normalized spacial score (nSPS) is 11.1. The molecule has 7 heteroatoms. The Labute approximate surface area is 105 Å². The van der Waals surface area contributed by atoms with Crippen LogP contribution in [-0.2, 0) is 6.18 Å². The van der Waals surface area contributed by atoms with Crippen LogP contribution in [0.25, 0.3) is 11.3 Å². The number of rotatable bonds is 1. The van der Waals surface area contributed by atoms with Gasteiger partial charge in [-0.2, -0.15) is 18.4 Å². The summed E-state index contributed by atoms with van der Waals surface area (Å²) in [5.74, 6) is 0. The van der Waals surface area contributed by atoms with Gasteiger partial charge in [0.05, 0.1) is 5.56 Å². The predicted octanol–water partition coefficient (Wildman–Crippen LogP) is 2.33. The number of alkyl halides is 3. The van der Waals surface area contributed by atoms with Crippen molar-refractivity contribution in [2.75, 3.05) is 0 Å². The molecule has 0 fully saturated rings. The molecule has 0 aliphatic rings. The number of hydrogen-bond acceptors (Lipinski definition) is 3. The summed E-state index contributed by atoms with van der Waals surface area (Å²) < 4.78 is 38.4. The minimum Gasteiger partial charge on any atom is -0.321 e. The Morgan fingerprint density at radius 1 is 1.26 bits per heavy atom. The van der Waals surface area contributed by atoms with Crippen LogP contribution in [0.4, 0.5) is 13.2 Å². The third-order valence-corrected chi connectivity index (χ3v) is 2.44. The summed E-state index contributed by atoms with van der Waals surface area (Å²) in [5, 5.41) is 8.64. The fourth-order valence-corrected chi connectivity index (χ4v) is 1.58. The first kappa shape index (κ1) is 12.8. The zero-order valence-electron chi connectivity index (χ0n) is 9.32. The monoisotopic (exact) mass is 265 g/mol. The summed E-state index contributed by atoms with van der Waals surface area (Å²) in [5.41, 5.74) is -2.89. The molecule has 19 heavy (non-hydrogen) atoms. The van der Waals surface area contributed by atoms with Gasteiger partial charge in [-0.15, -0.1) is 0 Å². The van der Waals surface area contributed by atoms with Gasteiger partial charge in [0.2, 0.25) is 0 Å². The number of halogens is 3. The fraction of sp³-hybridized carbons (Fsp3) is 0.0833. The van der Waals surface area contributed by atoms with E-state index in [1.807, 2.05) is 0 Å². The summed E-state index contributed by atoms with van der Waals surface area (Å²) in [4.78, 5) is 17.5. The molecule has 2 aromatic heterocycles. The third-order valence-electron chi connectivity index (χ3n) is 2.44. The van der Waals surface area contributed by atoms with Crippen LogP contribution in [0.3, 0.4) is 0 Å². The van der Waals surface area contributed by atoms with Crippen molar-refractivity contribution in [3.63, 3.8) is 0 Å². The highest BCUT2D eigenvalue weighted by molar-refractivity contribution is 5.60. The van der Waals surface area contributed by atoms with Crippen molar-refractivity contribution < 1.29 is 13.2 Å². The van der Waals surface area contributed by atoms with Gasteiger partial charge in [-0.1, -0.05) is 0 Å². The standard InChI is InChI=1S/C12H6F3N3O/c13-12(14,15)9-5-10(7-1-3-17-4-2-7)18-11(19)8(9)6-16/h1-5H,(H,18,19). The number of aromatic nitrogens is 2. The molecule has 0 unspecified atom stereocenters. The molecule has 0 spiro atoms. The van der Waals surface area contributed by atoms with E-state index in [0.29, 0.717) is 5.56 Å². The molecule has 0 saturated heterocycles. The van der Waals surface area contributed by atoms with E-state index in [0.717, 1.165) is 6.07 Å². The molecule has 0 atom stereocenters. The zero-order valence-corrected chi connectivity index (χ0v) is 9.32. The number of pyridine rings is 2. The molecule has 2 aromatic rings. The topological polar surface area (TPSA) is 69.5 Å². The maximum Gasteiger partial charge on any atom is 0.417 e. The lowest BCUT2D eigenvalue weighted by molar-refractivity contribution is -0.137. The van der Waals surface area contributed by atoms with Gasteiger partial charge in [-0.05, 0) is 18.2 Å². The maximum absolute atomic E-state index is 12.8. The molecular weight excluding hydrogens is 259 g/mol. The van der Waals surface area contributed by atoms with Crippen molar-refractivity contribution >= 4 is 0 Å². The average Bonchev–Trinajstić information content (AvgIpc) is 2.37. The van der Waals surface area contributed by atoms with Crippen molar-refractivity contribution in [3.05, 3.63) is 52.1 Å². The second kappa shape index (κ2) is 4.57. The number of nitriles is 1. The highest BCUT2D eigenvalue weighted by atomic mass is 19.4. The molecule has 0 saturated carbocycles. The summed E-state index contributed by atoms with van der Waals surface area (Å²) in [6.45, 7) is 0. The predicted molar refractivity (Wildman–Crippen MR) is 60.0 cm³/mol. The van der Waals surface area contributed by atoms with E-state index in [-0.39, 0.29) is 5.69 Å². The van der Waals surface area contributed by atoms with Gasteiger partial charge in [-0.25, -0.2) is 0 Å². The van der Waals surface area contributed by atoms with Gasteiger partial charge >= 0.3 is 6.18 Å². The first-order valence-electron chi connectivity index (χ1n) is 5.08. The first-order valence-corrected chi connectivity index (χ1v) is 5.08. The molecular formula is C12H6F3N3O. The average molecular weight is 265 g/mol. The van der Waals surface area contributed by atoms with Gasteiger partial charge in [0.1, 0.15) is 11.6 Å². The number of aromatic amines is 1. The van der Waals surface area contributed by atoms with Crippen molar-refractivity contribution in [1.82, 2.24) is 9.97 Å². The van der Waals surface area contributed by atoms with Gasteiger partial charge in [0, 0.05) is 23.7 Å². The Morgan fingerprint density at radius 2 is 1.89 bits per heavy atom. The maximum atomic E-state index is 12.8. The van der Waals surface area contributed by atoms with Crippen LogP contribution in [0.1, 0.15) is 11.1 Å². The third kappa shape index (κ3) is 2.47. The van der Waals surface area contributed by atoms with Crippen LogP contribution in [-0.4, -0.2) is 9.97 Å². The first-order chi connectivity index (χ1) is 8.93. The van der Waals surface area contributed by atoms with Crippen LogP contribution in [0.2, 0.25) is 0 Å². The summed E-state index contributed by atoms with van der Waals surface area (Å²) in [7, 11) is 0. The fourth-order valence-electron chi connectivity index (χ4n) is 1.58. The van der Waals surface area contributed by atoms with Crippen LogP contribution in [0, 0.1) is 11.3 Å². The molecule has 4 nitrogen and oxygen atoms in total. The lowest BCUT2D eigenvalue weighted by Crippen LogP contribution is -2.19. The summed E-state index contributed by atoms with van der Waals surface area (Å²) in [6.07, 6.45) is -1.99. The van der Waals surface area contributed by atoms with Gasteiger partial charge in [0.25, 0.3) is 5.56 Å². The molecule has 0 aromatic carbocycles. The Balaban J connectivity index is 2.72. The lowest BCUT2D eigenvalue weighted by Gasteiger charge is -2.10. The van der Waals surface area contributed by atoms with Gasteiger partial charge in [0.15, 0.2) is 0 Å². The number of hydrogen-bond donors (Lipinski definition) is 1. The van der Waals surface area contributed by atoms with E-state index in [9.17, 15) is 18.0 Å². The minimum absolute atomic E-state index is 0.0151. The molecule has 2 heterocycles. The molecule has 1 N–H and O–H groups in total. The Kier molecular flexibility index (Phi) is 3.09. The summed E-state index contributed by atoms with van der Waals surface area (Å²) >= 11 is 0. The quantitative estimate of drug-likeness (QED) is 0.860. The lowest BCUT2D eigenvalue weighted by atomic mass is 10.1. The number of H-pyrrole nitrogens is 1. The zero-order chi connectivity index (χ0) is 14.0. The van der Waals surface area contributed by atoms with Crippen molar-refractivity contribution in [1.29, 1.82) is 5.26 Å². The van der Waals surface area contributed by atoms with E-state index in [2.05, 4.69) is 9.97 Å². The second-order valence-electron chi connectivity index (χ2n) is 3.65. The Morgan fingerprint density at radius 3 is 2.42 bits per heavy atom. The molecule has 0 radical (unpaired) electrons. The van der Waals surface area contributed by atoms with Gasteiger partial charge in [-0.3, -0.25) is 9.78 Å². The molecule has 96 valence electrons. The number of nitrogens with one attached hydrogen (secondary N) is 1. The largest absolute Gasteiger partial charge is 0.417 e. The van der Waals surface area contributed by atoms with E-state index in [4.69, 9.17) is 5.26 Å². The Hall–Kier alpha value is -2.62. The second-order valence-corrected chi connectivity index (χ2v) is 3.65. The molecule has 0 bridgehead atoms. The molecule has 2 rings (SSSR count). The SMILES string of the molecule is N#Cc1c(C(F)(F)F)cc(-c2ccncc2)[nH]c1=O. The highest BCUT2D eigenvalue weighted by Crippen LogP contribution is 2.32. The van der Waals surface area contributed by atoms with Gasteiger partial charge < -0.3 is 4.98 Å². The molecule has 0 aliphatic heterocycles. The minimum atomic E-state index is -4.76. The van der Waals surface area contributed by atoms with Crippen LogP contribution >= 0.6 is 0 Å². The van der Waals surface area contributed by atoms with Crippen LogP contribution < -0.4 is 5.56 Å². The van der Waals surface area contributed by atoms with E-state index in [1.54, 1.807) is 0 Å². The molecule has 0 amide bonds. The van der Waals surface area contributed by atoms with E-state index >= 15 is 0 Å². The van der Waals surface area contributed by atoms with Crippen molar-refractivity contribution in [2.24, 2.45) is 0 Å². The van der Waals surface area contributed by atoms with Crippen LogP contribution in [0.15, 0.2) is 35.4 Å². The van der Waals surface area contributed by atoms with E-state index in [1.165, 1.54) is 30.6 Å². The number of nitrogens with zero attached hydrogens (tertiary/aromatic N) is 2. The van der Waals surface area contributed by atoms with Crippen LogP contribution in [0.5, 0.6) is 0 Å². The highest BCUT2D eigenvalue weighted by Gasteiger charge is 2.35. The van der Waals surface area contributed by atoms with Crippen molar-refractivity contribution in [3.8, 4) is 17.3 Å². The summed E-state index contributed by atoms with van der Waals surface area (Å²) in [6, 6.07) is 4.93. The van der Waals surface area contributed by atoms with E-state index < -0.39 is 22.9 Å². The Bertz CT molecular complexity index is 699. The van der Waals surface area contributed by atoms with Crippen molar-refractivity contribution in [2.45, 2.75) is 6.18 Å². The smallest absolute Gasteiger partial charge is 0.321 e. The molecule has 0 aliphatic carbocycles.